The van der Waals surface area contributed by atoms with E-state index in [0.29, 0.717) is 0 Å². The summed E-state index contributed by atoms with van der Waals surface area (Å²) in [6.45, 7) is 0. The molecule has 0 atom stereocenters. The Morgan fingerprint density at radius 2 is 0.895 bits per heavy atom. The number of hydrogen-bond donors (Lipinski definition) is 0. The predicted molar refractivity (Wildman–Crippen MR) is 237 cm³/mol. The molecule has 0 saturated heterocycles. The Bertz CT molecular complexity index is 3010. The standard InChI is InChI=1S/C55H37NO/c1-4-17-38(18-5-1)40-33-35-43(36-34-40)56(44-24-14-21-41(37-44)39-19-6-2-7-20-39)51-31-16-32-52-53(51)47-27-15-30-50(54(47)57-52)55(42-22-8-3-9-23-42)48-28-12-10-25-45(48)46-26-11-13-29-49(46)55/h1-37H. The van der Waals surface area contributed by atoms with Crippen molar-refractivity contribution in [2.24, 2.45) is 0 Å². The molecule has 0 spiro atoms. The second kappa shape index (κ2) is 13.4. The molecule has 2 heteroatoms. The van der Waals surface area contributed by atoms with E-state index in [1.165, 1.54) is 44.5 Å². The zero-order chi connectivity index (χ0) is 37.8. The summed E-state index contributed by atoms with van der Waals surface area (Å²) < 4.78 is 7.18. The first-order valence-corrected chi connectivity index (χ1v) is 19.6. The van der Waals surface area contributed by atoms with E-state index < -0.39 is 5.41 Å². The molecule has 1 heterocycles. The van der Waals surface area contributed by atoms with E-state index in [4.69, 9.17) is 4.42 Å². The molecular formula is C55H37NO. The van der Waals surface area contributed by atoms with Crippen molar-refractivity contribution >= 4 is 39.0 Å². The van der Waals surface area contributed by atoms with Gasteiger partial charge in [0.2, 0.25) is 0 Å². The Balaban J connectivity index is 1.17. The highest BCUT2D eigenvalue weighted by molar-refractivity contribution is 6.14. The van der Waals surface area contributed by atoms with Gasteiger partial charge in [-0.05, 0) is 86.5 Å². The largest absolute Gasteiger partial charge is 0.456 e. The van der Waals surface area contributed by atoms with Crippen LogP contribution in [0.4, 0.5) is 17.1 Å². The topological polar surface area (TPSA) is 16.4 Å². The summed E-state index contributed by atoms with van der Waals surface area (Å²) in [5, 5.41) is 2.16. The molecular weight excluding hydrogens is 691 g/mol. The van der Waals surface area contributed by atoms with E-state index >= 15 is 0 Å². The maximum atomic E-state index is 7.18. The van der Waals surface area contributed by atoms with Gasteiger partial charge in [0, 0.05) is 22.3 Å². The first kappa shape index (κ1) is 33.0. The van der Waals surface area contributed by atoms with E-state index in [0.717, 1.165) is 50.1 Å². The summed E-state index contributed by atoms with van der Waals surface area (Å²) in [5.41, 5.74) is 16.5. The molecule has 57 heavy (non-hydrogen) atoms. The molecule has 10 aromatic rings. The predicted octanol–water partition coefficient (Wildman–Crippen LogP) is 14.8. The van der Waals surface area contributed by atoms with Crippen LogP contribution in [0.2, 0.25) is 0 Å². The lowest BCUT2D eigenvalue weighted by molar-refractivity contribution is 0.648. The Labute approximate surface area is 332 Å². The lowest BCUT2D eigenvalue weighted by Gasteiger charge is -2.33. The van der Waals surface area contributed by atoms with Gasteiger partial charge in [0.25, 0.3) is 0 Å². The van der Waals surface area contributed by atoms with E-state index in [9.17, 15) is 0 Å². The molecule has 268 valence electrons. The zero-order valence-electron chi connectivity index (χ0n) is 31.2. The summed E-state index contributed by atoms with van der Waals surface area (Å²) in [6.07, 6.45) is 0. The molecule has 0 aliphatic heterocycles. The van der Waals surface area contributed by atoms with Gasteiger partial charge in [-0.3, -0.25) is 0 Å². The summed E-state index contributed by atoms with van der Waals surface area (Å²) in [5.74, 6) is 0. The van der Waals surface area contributed by atoms with Crippen LogP contribution < -0.4 is 4.90 Å². The molecule has 11 rings (SSSR count). The van der Waals surface area contributed by atoms with Crippen LogP contribution in [-0.4, -0.2) is 0 Å². The van der Waals surface area contributed by atoms with E-state index in [1.807, 2.05) is 0 Å². The van der Waals surface area contributed by atoms with Crippen molar-refractivity contribution in [3.05, 3.63) is 247 Å². The lowest BCUT2D eigenvalue weighted by atomic mass is 9.67. The number of benzene rings is 9. The Hall–Kier alpha value is -7.42. The highest BCUT2D eigenvalue weighted by Crippen LogP contribution is 2.58. The monoisotopic (exact) mass is 727 g/mol. The SMILES string of the molecule is c1ccc(-c2ccc(N(c3cccc(-c4ccccc4)c3)c3cccc4oc5c(C6(c7ccccc7)c7ccccc7-c7ccccc76)cccc5c34)cc2)cc1. The van der Waals surface area contributed by atoms with Crippen molar-refractivity contribution in [1.82, 2.24) is 0 Å². The fourth-order valence-electron chi connectivity index (χ4n) is 9.31. The Kier molecular flexibility index (Phi) is 7.75. The van der Waals surface area contributed by atoms with E-state index in [-0.39, 0.29) is 0 Å². The van der Waals surface area contributed by atoms with Crippen molar-refractivity contribution in [3.8, 4) is 33.4 Å². The van der Waals surface area contributed by atoms with Crippen LogP contribution in [0.3, 0.4) is 0 Å². The number of anilines is 3. The first-order valence-electron chi connectivity index (χ1n) is 19.6. The normalized spacial score (nSPS) is 12.7. The third-order valence-corrected chi connectivity index (χ3v) is 11.7. The van der Waals surface area contributed by atoms with Crippen molar-refractivity contribution in [2.75, 3.05) is 4.90 Å². The van der Waals surface area contributed by atoms with Gasteiger partial charge in [-0.2, -0.15) is 0 Å². The number of fused-ring (bicyclic) bond motifs is 6. The maximum absolute atomic E-state index is 7.18. The molecule has 9 aromatic carbocycles. The van der Waals surface area contributed by atoms with Gasteiger partial charge in [0.1, 0.15) is 11.2 Å². The molecule has 0 N–H and O–H groups in total. The fourth-order valence-corrected chi connectivity index (χ4v) is 9.31. The van der Waals surface area contributed by atoms with Gasteiger partial charge in [-0.15, -0.1) is 0 Å². The zero-order valence-corrected chi connectivity index (χ0v) is 31.2. The van der Waals surface area contributed by atoms with E-state index in [2.05, 4.69) is 229 Å². The first-order chi connectivity index (χ1) is 28.3. The van der Waals surface area contributed by atoms with Crippen molar-refractivity contribution in [2.45, 2.75) is 5.41 Å². The van der Waals surface area contributed by atoms with E-state index in [1.54, 1.807) is 0 Å². The maximum Gasteiger partial charge on any atom is 0.140 e. The van der Waals surface area contributed by atoms with Crippen molar-refractivity contribution < 1.29 is 4.42 Å². The summed E-state index contributed by atoms with van der Waals surface area (Å²) in [7, 11) is 0. The number of hydrogen-bond acceptors (Lipinski definition) is 2. The van der Waals surface area contributed by atoms with Gasteiger partial charge >= 0.3 is 0 Å². The molecule has 0 amide bonds. The van der Waals surface area contributed by atoms with Crippen LogP contribution in [0.15, 0.2) is 229 Å². The summed E-state index contributed by atoms with van der Waals surface area (Å²) >= 11 is 0. The molecule has 1 aliphatic rings. The van der Waals surface area contributed by atoms with Crippen LogP contribution in [0.25, 0.3) is 55.3 Å². The van der Waals surface area contributed by atoms with Crippen LogP contribution in [0.1, 0.15) is 22.3 Å². The summed E-state index contributed by atoms with van der Waals surface area (Å²) in [6, 6.07) is 80.9. The molecule has 0 unspecified atom stereocenters. The number of para-hydroxylation sites is 1. The second-order valence-electron chi connectivity index (χ2n) is 14.8. The molecule has 0 saturated carbocycles. The van der Waals surface area contributed by atoms with Gasteiger partial charge in [-0.25, -0.2) is 0 Å². The minimum absolute atomic E-state index is 0.584. The highest BCUT2D eigenvalue weighted by atomic mass is 16.3. The van der Waals surface area contributed by atoms with Crippen LogP contribution >= 0.6 is 0 Å². The third-order valence-electron chi connectivity index (χ3n) is 11.7. The van der Waals surface area contributed by atoms with Gasteiger partial charge in [0.15, 0.2) is 0 Å². The van der Waals surface area contributed by atoms with Crippen LogP contribution in [0.5, 0.6) is 0 Å². The second-order valence-corrected chi connectivity index (χ2v) is 14.8. The molecule has 1 aromatic heterocycles. The molecule has 1 aliphatic carbocycles. The molecule has 0 bridgehead atoms. The average molecular weight is 728 g/mol. The molecule has 0 fully saturated rings. The highest BCUT2D eigenvalue weighted by Gasteiger charge is 2.47. The van der Waals surface area contributed by atoms with Gasteiger partial charge in [-0.1, -0.05) is 188 Å². The van der Waals surface area contributed by atoms with Crippen LogP contribution in [0, 0.1) is 0 Å². The Morgan fingerprint density at radius 1 is 0.368 bits per heavy atom. The number of nitrogens with zero attached hydrogens (tertiary/aromatic N) is 1. The molecule has 0 radical (unpaired) electrons. The Morgan fingerprint density at radius 3 is 1.58 bits per heavy atom. The smallest absolute Gasteiger partial charge is 0.140 e. The van der Waals surface area contributed by atoms with Crippen molar-refractivity contribution in [3.63, 3.8) is 0 Å². The quantitative estimate of drug-likeness (QED) is 0.163. The summed E-state index contributed by atoms with van der Waals surface area (Å²) in [4.78, 5) is 2.39. The van der Waals surface area contributed by atoms with Gasteiger partial charge in [0.05, 0.1) is 16.5 Å². The minimum atomic E-state index is -0.584. The fraction of sp³-hybridized carbons (Fsp3) is 0.0182. The molecule has 2 nitrogen and oxygen atoms in total. The number of furan rings is 1. The number of rotatable bonds is 7. The minimum Gasteiger partial charge on any atom is -0.456 e. The van der Waals surface area contributed by atoms with Gasteiger partial charge < -0.3 is 9.32 Å². The van der Waals surface area contributed by atoms with Crippen molar-refractivity contribution in [1.29, 1.82) is 0 Å². The van der Waals surface area contributed by atoms with Crippen LogP contribution in [-0.2, 0) is 5.41 Å². The lowest BCUT2D eigenvalue weighted by Crippen LogP contribution is -2.28. The average Bonchev–Trinajstić information content (AvgIpc) is 3.83. The third kappa shape index (κ3) is 5.18.